The molecular weight excluding hydrogens is 260 g/mol. The second-order valence-electron chi connectivity index (χ2n) is 5.33. The Labute approximate surface area is 117 Å². The summed E-state index contributed by atoms with van der Waals surface area (Å²) in [7, 11) is 0. The molecule has 0 aliphatic heterocycles. The predicted octanol–water partition coefficient (Wildman–Crippen LogP) is 3.20. The Kier molecular flexibility index (Phi) is 4.49. The van der Waals surface area contributed by atoms with Gasteiger partial charge in [0.1, 0.15) is 17.3 Å². The fourth-order valence-corrected chi connectivity index (χ4v) is 1.89. The lowest BCUT2D eigenvalue weighted by atomic mass is 10.2. The Balaban J connectivity index is 2.14. The number of halogens is 2. The van der Waals surface area contributed by atoms with Crippen LogP contribution in [0.25, 0.3) is 5.69 Å². The van der Waals surface area contributed by atoms with Gasteiger partial charge in [-0.1, -0.05) is 13.8 Å². The number of hydrogen-bond acceptors (Lipinski definition) is 2. The maximum Gasteiger partial charge on any atom is 0.149 e. The number of rotatable bonds is 5. The van der Waals surface area contributed by atoms with Gasteiger partial charge in [0.05, 0.1) is 5.69 Å². The zero-order chi connectivity index (χ0) is 14.7. The Morgan fingerprint density at radius 1 is 1.25 bits per heavy atom. The summed E-state index contributed by atoms with van der Waals surface area (Å²) in [5.41, 5.74) is 1.21. The molecule has 2 rings (SSSR count). The average molecular weight is 279 g/mol. The number of nitrogens with zero attached hydrogens (tertiary/aromatic N) is 2. The molecule has 0 saturated heterocycles. The maximum atomic E-state index is 13.8. The number of hydrogen-bond donors (Lipinski definition) is 1. The summed E-state index contributed by atoms with van der Waals surface area (Å²) in [5, 5.41) is 7.51. The third-order valence-corrected chi connectivity index (χ3v) is 2.98. The molecular formula is C15H19F2N3. The summed E-state index contributed by atoms with van der Waals surface area (Å²) in [4.78, 5) is 0. The van der Waals surface area contributed by atoms with Crippen LogP contribution in [0.2, 0.25) is 0 Å². The third-order valence-electron chi connectivity index (χ3n) is 2.98. The Morgan fingerprint density at radius 2 is 2.00 bits per heavy atom. The second-order valence-corrected chi connectivity index (χ2v) is 5.33. The van der Waals surface area contributed by atoms with Crippen LogP contribution in [0.1, 0.15) is 25.1 Å². The van der Waals surface area contributed by atoms with Crippen molar-refractivity contribution >= 4 is 0 Å². The minimum atomic E-state index is -0.478. The molecule has 0 bridgehead atoms. The van der Waals surface area contributed by atoms with E-state index in [0.29, 0.717) is 12.5 Å². The molecule has 0 radical (unpaired) electrons. The summed E-state index contributed by atoms with van der Waals surface area (Å²) in [6, 6.07) is 4.15. The highest BCUT2D eigenvalue weighted by Crippen LogP contribution is 2.17. The van der Waals surface area contributed by atoms with E-state index in [-0.39, 0.29) is 11.3 Å². The smallest absolute Gasteiger partial charge is 0.149 e. The Hall–Kier alpha value is -1.75. The lowest BCUT2D eigenvalue weighted by Gasteiger charge is -2.06. The van der Waals surface area contributed by atoms with Gasteiger partial charge in [0.2, 0.25) is 0 Å². The van der Waals surface area contributed by atoms with Gasteiger partial charge in [0.25, 0.3) is 0 Å². The molecule has 0 unspecified atom stereocenters. The predicted molar refractivity (Wildman–Crippen MR) is 74.8 cm³/mol. The summed E-state index contributed by atoms with van der Waals surface area (Å²) < 4.78 is 28.7. The first-order valence-corrected chi connectivity index (χ1v) is 6.68. The fourth-order valence-electron chi connectivity index (χ4n) is 1.89. The molecule has 0 saturated carbocycles. The summed E-state index contributed by atoms with van der Waals surface area (Å²) in [6.45, 7) is 7.28. The van der Waals surface area contributed by atoms with Gasteiger partial charge in [-0.2, -0.15) is 5.10 Å². The van der Waals surface area contributed by atoms with Crippen LogP contribution in [-0.2, 0) is 6.54 Å². The third kappa shape index (κ3) is 3.42. The Morgan fingerprint density at radius 3 is 2.70 bits per heavy atom. The zero-order valence-electron chi connectivity index (χ0n) is 12.0. The standard InChI is InChI=1S/C15H19F2N3/c1-10(2)8-18-9-12-4-5-20(19-12)15-7-13(16)11(3)6-14(15)17/h4-7,10,18H,8-9H2,1-3H3. The molecule has 0 atom stereocenters. The van der Waals surface area contributed by atoms with Crippen molar-refractivity contribution in [2.45, 2.75) is 27.3 Å². The van der Waals surface area contributed by atoms with Crippen molar-refractivity contribution in [3.8, 4) is 5.69 Å². The van der Waals surface area contributed by atoms with Gasteiger partial charge in [-0.15, -0.1) is 0 Å². The molecule has 0 amide bonds. The monoisotopic (exact) mass is 279 g/mol. The molecule has 0 spiro atoms. The molecule has 0 fully saturated rings. The van der Waals surface area contributed by atoms with Gasteiger partial charge < -0.3 is 5.32 Å². The van der Waals surface area contributed by atoms with Gasteiger partial charge >= 0.3 is 0 Å². The topological polar surface area (TPSA) is 29.9 Å². The van der Waals surface area contributed by atoms with E-state index >= 15 is 0 Å². The molecule has 2 aromatic rings. The summed E-state index contributed by atoms with van der Waals surface area (Å²) in [6.07, 6.45) is 1.64. The quantitative estimate of drug-likeness (QED) is 0.911. The van der Waals surface area contributed by atoms with E-state index in [9.17, 15) is 8.78 Å². The van der Waals surface area contributed by atoms with E-state index in [4.69, 9.17) is 0 Å². The van der Waals surface area contributed by atoms with Crippen molar-refractivity contribution in [1.82, 2.24) is 15.1 Å². The molecule has 1 aromatic carbocycles. The number of benzene rings is 1. The molecule has 108 valence electrons. The van der Waals surface area contributed by atoms with Crippen molar-refractivity contribution in [1.29, 1.82) is 0 Å². The summed E-state index contributed by atoms with van der Waals surface area (Å²) >= 11 is 0. The van der Waals surface area contributed by atoms with Crippen LogP contribution in [0, 0.1) is 24.5 Å². The normalized spacial score (nSPS) is 11.3. The van der Waals surface area contributed by atoms with Crippen LogP contribution in [-0.4, -0.2) is 16.3 Å². The molecule has 3 nitrogen and oxygen atoms in total. The lowest BCUT2D eigenvalue weighted by molar-refractivity contribution is 0.545. The van der Waals surface area contributed by atoms with Crippen LogP contribution < -0.4 is 5.32 Å². The largest absolute Gasteiger partial charge is 0.311 e. The molecule has 0 aliphatic carbocycles. The molecule has 1 aromatic heterocycles. The Bertz CT molecular complexity index is 591. The van der Waals surface area contributed by atoms with Crippen LogP contribution >= 0.6 is 0 Å². The number of aromatic nitrogens is 2. The molecule has 5 heteroatoms. The lowest BCUT2D eigenvalue weighted by Crippen LogP contribution is -2.19. The number of nitrogens with one attached hydrogen (secondary N) is 1. The maximum absolute atomic E-state index is 13.8. The first kappa shape index (κ1) is 14.7. The van der Waals surface area contributed by atoms with Crippen LogP contribution in [0.4, 0.5) is 8.78 Å². The highest BCUT2D eigenvalue weighted by atomic mass is 19.1. The van der Waals surface area contributed by atoms with Gasteiger partial charge in [0.15, 0.2) is 0 Å². The average Bonchev–Trinajstić information content (AvgIpc) is 2.82. The first-order chi connectivity index (χ1) is 9.47. The van der Waals surface area contributed by atoms with Crippen LogP contribution in [0.15, 0.2) is 24.4 Å². The molecule has 1 heterocycles. The van der Waals surface area contributed by atoms with Gasteiger partial charge in [-0.25, -0.2) is 13.5 Å². The van der Waals surface area contributed by atoms with Crippen molar-refractivity contribution in [2.24, 2.45) is 5.92 Å². The SMILES string of the molecule is Cc1cc(F)c(-n2ccc(CNCC(C)C)n2)cc1F. The molecule has 0 aliphatic rings. The van der Waals surface area contributed by atoms with Gasteiger partial charge in [-0.05, 0) is 37.1 Å². The second kappa shape index (κ2) is 6.13. The zero-order valence-corrected chi connectivity index (χ0v) is 12.0. The minimum absolute atomic E-state index is 0.128. The highest BCUT2D eigenvalue weighted by Gasteiger charge is 2.10. The van der Waals surface area contributed by atoms with E-state index in [0.717, 1.165) is 12.2 Å². The van der Waals surface area contributed by atoms with Crippen LogP contribution in [0.3, 0.4) is 0 Å². The van der Waals surface area contributed by atoms with Crippen LogP contribution in [0.5, 0.6) is 0 Å². The molecule has 20 heavy (non-hydrogen) atoms. The molecule has 1 N–H and O–H groups in total. The van der Waals surface area contributed by atoms with E-state index in [1.807, 2.05) is 0 Å². The van der Waals surface area contributed by atoms with Gasteiger partial charge in [0, 0.05) is 18.8 Å². The van der Waals surface area contributed by atoms with Crippen molar-refractivity contribution in [3.63, 3.8) is 0 Å². The minimum Gasteiger partial charge on any atom is -0.311 e. The summed E-state index contributed by atoms with van der Waals surface area (Å²) in [5.74, 6) is -0.356. The van der Waals surface area contributed by atoms with E-state index in [1.165, 1.54) is 23.7 Å². The van der Waals surface area contributed by atoms with Crippen molar-refractivity contribution < 1.29 is 8.78 Å². The number of aryl methyl sites for hydroxylation is 1. The first-order valence-electron chi connectivity index (χ1n) is 6.68. The highest BCUT2D eigenvalue weighted by molar-refractivity contribution is 5.36. The van der Waals surface area contributed by atoms with E-state index < -0.39 is 11.6 Å². The van der Waals surface area contributed by atoms with Crippen molar-refractivity contribution in [3.05, 3.63) is 47.3 Å². The van der Waals surface area contributed by atoms with Gasteiger partial charge in [-0.3, -0.25) is 0 Å². The fraction of sp³-hybridized carbons (Fsp3) is 0.400. The van der Waals surface area contributed by atoms with Crippen molar-refractivity contribution in [2.75, 3.05) is 6.54 Å². The van der Waals surface area contributed by atoms with E-state index in [2.05, 4.69) is 24.3 Å². The van der Waals surface area contributed by atoms with E-state index in [1.54, 1.807) is 12.3 Å².